The molecule has 1 saturated carbocycles. The number of fused-ring (bicyclic) bond motifs is 1. The van der Waals surface area contributed by atoms with Crippen LogP contribution in [-0.4, -0.2) is 34.3 Å². The highest BCUT2D eigenvalue weighted by molar-refractivity contribution is 5.92. The largest absolute Gasteiger partial charge is 0.506 e. The lowest BCUT2D eigenvalue weighted by molar-refractivity contribution is 0.0691. The summed E-state index contributed by atoms with van der Waals surface area (Å²) in [5, 5.41) is 19.5. The van der Waals surface area contributed by atoms with Gasteiger partial charge >= 0.3 is 5.97 Å². The van der Waals surface area contributed by atoms with Crippen LogP contribution in [0.25, 0.3) is 11.3 Å². The zero-order chi connectivity index (χ0) is 20.2. The van der Waals surface area contributed by atoms with Gasteiger partial charge in [-0.15, -0.1) is 6.58 Å². The lowest BCUT2D eigenvalue weighted by Crippen LogP contribution is -2.25. The molecule has 0 amide bonds. The van der Waals surface area contributed by atoms with Gasteiger partial charge in [-0.05, 0) is 41.4 Å². The first-order chi connectivity index (χ1) is 13.3. The number of hydrogen-bond acceptors (Lipinski definition) is 4. The molecule has 1 aliphatic heterocycles. The van der Waals surface area contributed by atoms with Crippen LogP contribution in [0.15, 0.2) is 41.7 Å². The summed E-state index contributed by atoms with van der Waals surface area (Å²) in [6.45, 7) is 10.1. The molecule has 6 nitrogen and oxygen atoms in total. The minimum atomic E-state index is -1.44. The molecule has 3 unspecified atom stereocenters. The minimum absolute atomic E-state index is 0.319. The summed E-state index contributed by atoms with van der Waals surface area (Å²) >= 11 is 0. The molecule has 28 heavy (non-hydrogen) atoms. The van der Waals surface area contributed by atoms with E-state index in [1.165, 1.54) is 0 Å². The summed E-state index contributed by atoms with van der Waals surface area (Å²) < 4.78 is 0. The third kappa shape index (κ3) is 2.55. The Balaban J connectivity index is 1.64. The number of pyridine rings is 1. The lowest BCUT2D eigenvalue weighted by Gasteiger charge is -2.24. The summed E-state index contributed by atoms with van der Waals surface area (Å²) in [5.41, 5.74) is 1.65. The summed E-state index contributed by atoms with van der Waals surface area (Å²) in [5.74, 6) is -0.626. The van der Waals surface area contributed by atoms with Crippen LogP contribution in [0.2, 0.25) is 0 Å². The molecule has 6 heteroatoms. The van der Waals surface area contributed by atoms with Gasteiger partial charge < -0.3 is 20.1 Å². The van der Waals surface area contributed by atoms with E-state index in [9.17, 15) is 19.8 Å². The summed E-state index contributed by atoms with van der Waals surface area (Å²) in [4.78, 5) is 28.4. The first-order valence-electron chi connectivity index (χ1n) is 9.51. The summed E-state index contributed by atoms with van der Waals surface area (Å²) in [6, 6.07) is 7.81. The predicted molar refractivity (Wildman–Crippen MR) is 108 cm³/mol. The van der Waals surface area contributed by atoms with E-state index in [0.29, 0.717) is 34.9 Å². The van der Waals surface area contributed by atoms with Crippen molar-refractivity contribution < 1.29 is 15.0 Å². The number of nitrogens with zero attached hydrogens (tertiary/aromatic N) is 1. The van der Waals surface area contributed by atoms with Gasteiger partial charge in [0.2, 0.25) is 0 Å². The normalized spacial score (nSPS) is 25.4. The monoisotopic (exact) mass is 380 g/mol. The minimum Gasteiger partial charge on any atom is -0.506 e. The van der Waals surface area contributed by atoms with Crippen LogP contribution in [0.4, 0.5) is 5.69 Å². The van der Waals surface area contributed by atoms with Gasteiger partial charge in [0, 0.05) is 24.3 Å². The fraction of sp³-hybridized carbons (Fsp3) is 0.364. The zero-order valence-corrected chi connectivity index (χ0v) is 16.0. The van der Waals surface area contributed by atoms with Gasteiger partial charge in [0.1, 0.15) is 5.75 Å². The number of hydrogen-bond donors (Lipinski definition) is 3. The van der Waals surface area contributed by atoms with E-state index >= 15 is 0 Å². The van der Waals surface area contributed by atoms with Gasteiger partial charge in [0.05, 0.1) is 5.69 Å². The summed E-state index contributed by atoms with van der Waals surface area (Å²) in [6.07, 6.45) is 2.47. The molecular weight excluding hydrogens is 356 g/mol. The summed E-state index contributed by atoms with van der Waals surface area (Å²) in [7, 11) is 0. The second kappa shape index (κ2) is 6.26. The number of piperidine rings is 1. The highest BCUT2D eigenvalue weighted by Crippen LogP contribution is 2.63. The van der Waals surface area contributed by atoms with Gasteiger partial charge in [-0.2, -0.15) is 0 Å². The van der Waals surface area contributed by atoms with Gasteiger partial charge in [-0.25, -0.2) is 4.79 Å². The van der Waals surface area contributed by atoms with Gasteiger partial charge in [-0.3, -0.25) is 4.79 Å². The molecule has 2 fully saturated rings. The molecule has 2 aromatic rings. The Kier molecular flexibility index (Phi) is 4.10. The molecule has 2 heterocycles. The number of benzene rings is 1. The van der Waals surface area contributed by atoms with Crippen molar-refractivity contribution in [3.8, 4) is 17.0 Å². The Morgan fingerprint density at radius 2 is 2.07 bits per heavy atom. The van der Waals surface area contributed by atoms with Crippen molar-refractivity contribution >= 4 is 11.7 Å². The molecule has 1 aromatic carbocycles. The third-order valence-corrected chi connectivity index (χ3v) is 6.51. The maximum Gasteiger partial charge on any atom is 0.345 e. The molecule has 4 rings (SSSR count). The molecule has 1 aromatic heterocycles. The fourth-order valence-corrected chi connectivity index (χ4v) is 4.84. The number of nitrogens with one attached hydrogen (secondary N) is 1. The highest BCUT2D eigenvalue weighted by atomic mass is 16.4. The zero-order valence-electron chi connectivity index (χ0n) is 16.0. The molecule has 3 N–H and O–H groups in total. The Morgan fingerprint density at radius 1 is 1.39 bits per heavy atom. The molecule has 3 atom stereocenters. The third-order valence-electron chi connectivity index (χ3n) is 6.51. The van der Waals surface area contributed by atoms with Gasteiger partial charge in [-0.1, -0.05) is 32.1 Å². The van der Waals surface area contributed by atoms with Crippen LogP contribution >= 0.6 is 0 Å². The van der Waals surface area contributed by atoms with E-state index in [1.54, 1.807) is 0 Å². The van der Waals surface area contributed by atoms with Crippen LogP contribution in [0, 0.1) is 17.3 Å². The maximum absolute atomic E-state index is 12.1. The fourth-order valence-electron chi connectivity index (χ4n) is 4.84. The predicted octanol–water partition coefficient (Wildman–Crippen LogP) is 3.27. The maximum atomic E-state index is 12.1. The number of aromatic nitrogens is 1. The SMILES string of the molecule is C=CC1C2CN(c3ccc(-c4[nH]c(=O)c(C(=O)O)c(O)c4CC)cc3)CC12C. The molecule has 146 valence electrons. The Bertz CT molecular complexity index is 1020. The number of aromatic hydroxyl groups is 1. The van der Waals surface area contributed by atoms with E-state index in [1.807, 2.05) is 31.2 Å². The highest BCUT2D eigenvalue weighted by Gasteiger charge is 2.64. The van der Waals surface area contributed by atoms with Crippen LogP contribution in [0.3, 0.4) is 0 Å². The van der Waals surface area contributed by atoms with E-state index < -0.39 is 22.8 Å². The molecule has 0 spiro atoms. The number of allylic oxidation sites excluding steroid dienone is 1. The van der Waals surface area contributed by atoms with Crippen molar-refractivity contribution in [3.63, 3.8) is 0 Å². The average molecular weight is 380 g/mol. The number of aromatic carboxylic acids is 1. The molecule has 0 radical (unpaired) electrons. The number of anilines is 1. The average Bonchev–Trinajstić information content (AvgIpc) is 3.04. The number of H-pyrrole nitrogens is 1. The smallest absolute Gasteiger partial charge is 0.345 e. The first kappa shape index (κ1) is 18.3. The second-order valence-electron chi connectivity index (χ2n) is 7.99. The standard InChI is InChI=1S/C22H24N2O4/c1-4-14-18(23-20(26)17(19(14)25)21(27)28)12-6-8-13(9-7-12)24-10-16-15(5-2)22(16,3)11-24/h5-9,15-16H,2,4,10-11H2,1,3H3,(H,27,28)(H2,23,25,26). The van der Waals surface area contributed by atoms with Crippen molar-refractivity contribution in [3.05, 3.63) is 58.4 Å². The van der Waals surface area contributed by atoms with E-state index in [-0.39, 0.29) is 0 Å². The number of rotatable bonds is 5. The van der Waals surface area contributed by atoms with Crippen LogP contribution in [0.5, 0.6) is 5.75 Å². The van der Waals surface area contributed by atoms with Crippen molar-refractivity contribution in [2.75, 3.05) is 18.0 Å². The Labute approximate surface area is 163 Å². The van der Waals surface area contributed by atoms with Crippen LogP contribution in [0.1, 0.15) is 29.8 Å². The van der Waals surface area contributed by atoms with Crippen LogP contribution < -0.4 is 10.5 Å². The van der Waals surface area contributed by atoms with E-state index in [0.717, 1.165) is 24.3 Å². The van der Waals surface area contributed by atoms with Crippen molar-refractivity contribution in [1.29, 1.82) is 0 Å². The number of carboxylic acids is 1. The van der Waals surface area contributed by atoms with Gasteiger partial charge in [0.25, 0.3) is 5.56 Å². The molecule has 0 bridgehead atoms. The quantitative estimate of drug-likeness (QED) is 0.692. The van der Waals surface area contributed by atoms with E-state index in [4.69, 9.17) is 0 Å². The van der Waals surface area contributed by atoms with Crippen LogP contribution in [-0.2, 0) is 6.42 Å². The molecule has 1 aliphatic carbocycles. The topological polar surface area (TPSA) is 93.6 Å². The van der Waals surface area contributed by atoms with E-state index in [2.05, 4.69) is 29.5 Å². The second-order valence-corrected chi connectivity index (χ2v) is 7.99. The Hall–Kier alpha value is -3.02. The number of carbonyl (C=O) groups is 1. The number of aromatic amines is 1. The lowest BCUT2D eigenvalue weighted by atomic mass is 10.00. The van der Waals surface area contributed by atoms with Gasteiger partial charge in [0.15, 0.2) is 5.56 Å². The van der Waals surface area contributed by atoms with Crippen molar-refractivity contribution in [2.24, 2.45) is 17.3 Å². The first-order valence-corrected chi connectivity index (χ1v) is 9.51. The van der Waals surface area contributed by atoms with Crippen molar-refractivity contribution in [2.45, 2.75) is 20.3 Å². The van der Waals surface area contributed by atoms with Crippen molar-refractivity contribution in [1.82, 2.24) is 4.98 Å². The molecular formula is C22H24N2O4. The Morgan fingerprint density at radius 3 is 2.57 bits per heavy atom. The number of carboxylic acid groups (broad SMARTS) is 1. The molecule has 2 aliphatic rings. The molecule has 1 saturated heterocycles.